The number of hydrogen-bond donors (Lipinski definition) is 1. The van der Waals surface area contributed by atoms with Crippen LogP contribution in [0.15, 0.2) is 17.5 Å². The van der Waals surface area contributed by atoms with Gasteiger partial charge in [0.1, 0.15) is 6.04 Å². The highest BCUT2D eigenvalue weighted by Crippen LogP contribution is 2.29. The summed E-state index contributed by atoms with van der Waals surface area (Å²) in [7, 11) is 0. The normalized spacial score (nSPS) is 26.0. The summed E-state index contributed by atoms with van der Waals surface area (Å²) in [5.41, 5.74) is 0. The molecule has 4 heterocycles. The minimum absolute atomic E-state index is 0.00651. The molecule has 3 saturated heterocycles. The van der Waals surface area contributed by atoms with Crippen LogP contribution in [-0.4, -0.2) is 96.5 Å². The summed E-state index contributed by atoms with van der Waals surface area (Å²) in [5, 5.41) is 5.15. The van der Waals surface area contributed by atoms with Gasteiger partial charge in [-0.25, -0.2) is 0 Å². The van der Waals surface area contributed by atoms with Crippen molar-refractivity contribution < 1.29 is 19.1 Å². The SMILES string of the molecule is CC(C)C(=O)N(CC1CCCO1)C1CC(C(=O)N2CCNCC2)N(C(=O)c2cccs2)C1. The molecule has 3 aliphatic rings. The van der Waals surface area contributed by atoms with E-state index in [-0.39, 0.29) is 35.8 Å². The Hall–Kier alpha value is -1.97. The highest BCUT2D eigenvalue weighted by molar-refractivity contribution is 7.12. The first kappa shape index (κ1) is 23.2. The van der Waals surface area contributed by atoms with Crippen LogP contribution in [0.1, 0.15) is 42.8 Å². The quantitative estimate of drug-likeness (QED) is 0.692. The first-order valence-corrected chi connectivity index (χ1v) is 12.6. The van der Waals surface area contributed by atoms with Gasteiger partial charge in [-0.3, -0.25) is 14.4 Å². The molecule has 3 atom stereocenters. The molecule has 1 aromatic rings. The maximum Gasteiger partial charge on any atom is 0.264 e. The minimum Gasteiger partial charge on any atom is -0.376 e. The number of carbonyl (C=O) groups excluding carboxylic acids is 3. The predicted octanol–water partition coefficient (Wildman–Crippen LogP) is 1.43. The van der Waals surface area contributed by atoms with E-state index >= 15 is 0 Å². The number of amides is 3. The van der Waals surface area contributed by atoms with Crippen LogP contribution in [0.4, 0.5) is 0 Å². The highest BCUT2D eigenvalue weighted by atomic mass is 32.1. The van der Waals surface area contributed by atoms with Crippen molar-refractivity contribution in [1.29, 1.82) is 0 Å². The molecule has 3 aliphatic heterocycles. The second kappa shape index (κ2) is 10.3. The van der Waals surface area contributed by atoms with Crippen molar-refractivity contribution in [3.05, 3.63) is 22.4 Å². The predicted molar refractivity (Wildman–Crippen MR) is 123 cm³/mol. The highest BCUT2D eigenvalue weighted by Gasteiger charge is 2.45. The summed E-state index contributed by atoms with van der Waals surface area (Å²) < 4.78 is 5.82. The van der Waals surface area contributed by atoms with Crippen molar-refractivity contribution in [1.82, 2.24) is 20.0 Å². The van der Waals surface area contributed by atoms with Gasteiger partial charge in [0.25, 0.3) is 5.91 Å². The molecular formula is C23H34N4O4S. The number of piperazine rings is 1. The Labute approximate surface area is 193 Å². The fourth-order valence-electron chi connectivity index (χ4n) is 4.89. The zero-order valence-electron chi connectivity index (χ0n) is 19.0. The standard InChI is InChI=1S/C23H34N4O4S/c1-16(2)21(28)26(15-18-5-3-11-31-18)17-13-19(22(29)25-9-7-24-8-10-25)27(14-17)23(30)20-6-4-12-32-20/h4,6,12,16-19,24H,3,5,7-11,13-15H2,1-2H3. The molecule has 176 valence electrons. The van der Waals surface area contributed by atoms with Crippen LogP contribution in [-0.2, 0) is 14.3 Å². The molecule has 1 N–H and O–H groups in total. The summed E-state index contributed by atoms with van der Waals surface area (Å²) in [6.07, 6.45) is 2.45. The number of thiophene rings is 1. The third kappa shape index (κ3) is 5.00. The molecule has 3 amide bonds. The van der Waals surface area contributed by atoms with Crippen molar-refractivity contribution in [3.63, 3.8) is 0 Å². The lowest BCUT2D eigenvalue weighted by atomic mass is 10.1. The van der Waals surface area contributed by atoms with Gasteiger partial charge in [-0.05, 0) is 30.7 Å². The fourth-order valence-corrected chi connectivity index (χ4v) is 5.57. The molecule has 0 radical (unpaired) electrons. The second-order valence-electron chi connectivity index (χ2n) is 9.20. The van der Waals surface area contributed by atoms with E-state index < -0.39 is 6.04 Å². The molecule has 3 fully saturated rings. The van der Waals surface area contributed by atoms with Gasteiger partial charge in [0.15, 0.2) is 0 Å². The van der Waals surface area contributed by atoms with E-state index in [2.05, 4.69) is 5.32 Å². The minimum atomic E-state index is -0.542. The van der Waals surface area contributed by atoms with E-state index in [0.29, 0.717) is 37.5 Å². The van der Waals surface area contributed by atoms with Crippen LogP contribution in [0.3, 0.4) is 0 Å². The molecule has 32 heavy (non-hydrogen) atoms. The number of hydrogen-bond acceptors (Lipinski definition) is 6. The van der Waals surface area contributed by atoms with Gasteiger partial charge < -0.3 is 24.8 Å². The second-order valence-corrected chi connectivity index (χ2v) is 10.1. The van der Waals surface area contributed by atoms with Gasteiger partial charge in [0.2, 0.25) is 11.8 Å². The van der Waals surface area contributed by atoms with E-state index in [1.807, 2.05) is 35.1 Å². The number of nitrogens with one attached hydrogen (secondary N) is 1. The number of ether oxygens (including phenoxy) is 1. The van der Waals surface area contributed by atoms with E-state index in [4.69, 9.17) is 4.74 Å². The van der Waals surface area contributed by atoms with Crippen molar-refractivity contribution in [2.24, 2.45) is 5.92 Å². The maximum absolute atomic E-state index is 13.5. The van der Waals surface area contributed by atoms with Gasteiger partial charge >= 0.3 is 0 Å². The fraction of sp³-hybridized carbons (Fsp3) is 0.696. The summed E-state index contributed by atoms with van der Waals surface area (Å²) in [6.45, 7) is 8.25. The molecule has 1 aromatic heterocycles. The van der Waals surface area contributed by atoms with Crippen molar-refractivity contribution >= 4 is 29.1 Å². The Bertz CT molecular complexity index is 803. The molecule has 0 aliphatic carbocycles. The maximum atomic E-state index is 13.5. The van der Waals surface area contributed by atoms with Crippen molar-refractivity contribution in [3.8, 4) is 0 Å². The molecule has 8 nitrogen and oxygen atoms in total. The summed E-state index contributed by atoms with van der Waals surface area (Å²) >= 11 is 1.39. The topological polar surface area (TPSA) is 82.2 Å². The summed E-state index contributed by atoms with van der Waals surface area (Å²) in [6, 6.07) is 2.93. The van der Waals surface area contributed by atoms with Crippen LogP contribution in [0.2, 0.25) is 0 Å². The van der Waals surface area contributed by atoms with E-state index in [1.54, 1.807) is 11.0 Å². The number of likely N-dealkylation sites (tertiary alicyclic amines) is 1. The van der Waals surface area contributed by atoms with Crippen LogP contribution < -0.4 is 5.32 Å². The lowest BCUT2D eigenvalue weighted by molar-refractivity contribution is -0.139. The Kier molecular flexibility index (Phi) is 7.48. The average Bonchev–Trinajstić information content (AvgIpc) is 3.58. The van der Waals surface area contributed by atoms with Gasteiger partial charge in [-0.15, -0.1) is 11.3 Å². The largest absolute Gasteiger partial charge is 0.376 e. The van der Waals surface area contributed by atoms with E-state index in [9.17, 15) is 14.4 Å². The molecule has 3 unspecified atom stereocenters. The molecule has 4 rings (SSSR count). The Balaban J connectivity index is 1.58. The smallest absolute Gasteiger partial charge is 0.264 e. The van der Waals surface area contributed by atoms with Crippen molar-refractivity contribution in [2.45, 2.75) is 51.3 Å². The molecule has 0 bridgehead atoms. The Morgan fingerprint density at radius 2 is 2.06 bits per heavy atom. The zero-order valence-corrected chi connectivity index (χ0v) is 19.8. The molecule has 0 aromatic carbocycles. The molecular weight excluding hydrogens is 428 g/mol. The third-order valence-corrected chi connectivity index (χ3v) is 7.49. The Morgan fingerprint density at radius 3 is 2.69 bits per heavy atom. The summed E-state index contributed by atoms with van der Waals surface area (Å²) in [4.78, 5) is 46.1. The third-order valence-electron chi connectivity index (χ3n) is 6.63. The lowest BCUT2D eigenvalue weighted by Gasteiger charge is -2.32. The van der Waals surface area contributed by atoms with Crippen LogP contribution in [0, 0.1) is 5.92 Å². The monoisotopic (exact) mass is 462 g/mol. The van der Waals surface area contributed by atoms with Gasteiger partial charge in [0, 0.05) is 51.8 Å². The van der Waals surface area contributed by atoms with Gasteiger partial charge in [-0.2, -0.15) is 0 Å². The van der Waals surface area contributed by atoms with E-state index in [1.165, 1.54) is 11.3 Å². The Morgan fingerprint density at radius 1 is 1.28 bits per heavy atom. The molecule has 0 spiro atoms. The summed E-state index contributed by atoms with van der Waals surface area (Å²) in [5.74, 6) is -0.219. The van der Waals surface area contributed by atoms with Gasteiger partial charge in [0.05, 0.1) is 17.0 Å². The zero-order chi connectivity index (χ0) is 22.7. The van der Waals surface area contributed by atoms with E-state index in [0.717, 1.165) is 32.5 Å². The molecule has 0 saturated carbocycles. The number of rotatable bonds is 6. The number of nitrogens with zero attached hydrogens (tertiary/aromatic N) is 3. The average molecular weight is 463 g/mol. The van der Waals surface area contributed by atoms with Crippen molar-refractivity contribution in [2.75, 3.05) is 45.9 Å². The number of carbonyl (C=O) groups is 3. The van der Waals surface area contributed by atoms with Crippen LogP contribution in [0.5, 0.6) is 0 Å². The first-order valence-electron chi connectivity index (χ1n) is 11.7. The van der Waals surface area contributed by atoms with Crippen LogP contribution >= 0.6 is 11.3 Å². The first-order chi connectivity index (χ1) is 15.5. The van der Waals surface area contributed by atoms with Crippen LogP contribution in [0.25, 0.3) is 0 Å². The lowest BCUT2D eigenvalue weighted by Crippen LogP contribution is -2.53. The van der Waals surface area contributed by atoms with Gasteiger partial charge in [-0.1, -0.05) is 19.9 Å². The molecule has 9 heteroatoms.